The lowest BCUT2D eigenvalue weighted by Gasteiger charge is -2.16. The number of alkyl halides is 3. The number of thiazole rings is 1. The smallest absolute Gasteiger partial charge is 0.344 e. The van der Waals surface area contributed by atoms with Gasteiger partial charge in [-0.1, -0.05) is 12.1 Å². The number of hydrogen-bond acceptors (Lipinski definition) is 4. The number of nitrogens with one attached hydrogen (secondary N) is 1. The van der Waals surface area contributed by atoms with E-state index in [4.69, 9.17) is 0 Å². The molecule has 0 aliphatic heterocycles. The van der Waals surface area contributed by atoms with Crippen molar-refractivity contribution in [1.29, 1.82) is 0 Å². The summed E-state index contributed by atoms with van der Waals surface area (Å²) in [5.74, 6) is -0.0776. The molecule has 0 aliphatic carbocycles. The van der Waals surface area contributed by atoms with Crippen molar-refractivity contribution < 1.29 is 18.0 Å². The monoisotopic (exact) mass is 429 g/mol. The van der Waals surface area contributed by atoms with Crippen LogP contribution in [0.15, 0.2) is 29.6 Å². The van der Waals surface area contributed by atoms with E-state index in [1.165, 1.54) is 17.4 Å². The van der Waals surface area contributed by atoms with Gasteiger partial charge in [0.2, 0.25) is 5.91 Å². The lowest BCUT2D eigenvalue weighted by atomic mass is 10.1. The van der Waals surface area contributed by atoms with Crippen LogP contribution in [0.2, 0.25) is 0 Å². The van der Waals surface area contributed by atoms with Crippen LogP contribution in [0.25, 0.3) is 10.6 Å². The lowest BCUT2D eigenvalue weighted by Crippen LogP contribution is -2.33. The third-order valence-electron chi connectivity index (χ3n) is 3.44. The van der Waals surface area contributed by atoms with Crippen LogP contribution in [0.4, 0.5) is 13.2 Å². The molecule has 4 nitrogen and oxygen atoms in total. The first-order chi connectivity index (χ1) is 11.3. The van der Waals surface area contributed by atoms with E-state index < -0.39 is 11.7 Å². The molecule has 0 radical (unpaired) electrons. The molecule has 10 heteroatoms. The van der Waals surface area contributed by atoms with E-state index in [0.717, 1.165) is 12.1 Å². The first-order valence-electron chi connectivity index (χ1n) is 7.32. The predicted molar refractivity (Wildman–Crippen MR) is 102 cm³/mol. The Morgan fingerprint density at radius 1 is 1.31 bits per heavy atom. The molecular weight excluding hydrogens is 410 g/mol. The summed E-state index contributed by atoms with van der Waals surface area (Å²) < 4.78 is 38.3. The molecule has 0 spiro atoms. The highest BCUT2D eigenvalue weighted by Crippen LogP contribution is 2.33. The summed E-state index contributed by atoms with van der Waals surface area (Å²) in [4.78, 5) is 18.0. The molecule has 1 aromatic heterocycles. The van der Waals surface area contributed by atoms with Crippen LogP contribution in [0.1, 0.15) is 11.3 Å². The van der Waals surface area contributed by atoms with Gasteiger partial charge >= 0.3 is 6.18 Å². The minimum Gasteiger partial charge on any atom is -0.344 e. The van der Waals surface area contributed by atoms with Crippen molar-refractivity contribution in [2.75, 3.05) is 27.2 Å². The lowest BCUT2D eigenvalue weighted by molar-refractivity contribution is -0.137. The summed E-state index contributed by atoms with van der Waals surface area (Å²) >= 11 is 1.23. The van der Waals surface area contributed by atoms with Crippen molar-refractivity contribution in [3.8, 4) is 10.6 Å². The molecule has 146 valence electrons. The molecule has 1 heterocycles. The largest absolute Gasteiger partial charge is 0.416 e. The highest BCUT2D eigenvalue weighted by molar-refractivity contribution is 7.13. The van der Waals surface area contributed by atoms with Crippen molar-refractivity contribution >= 4 is 42.1 Å². The topological polar surface area (TPSA) is 45.2 Å². The third-order valence-corrected chi connectivity index (χ3v) is 4.38. The standard InChI is InChI=1S/C16H18F3N3OS.2ClH/c1-20-6-7-22(2)14(23)9-13-10-24-15(21-13)11-4-3-5-12(8-11)16(17,18)19;;/h3-5,8,10,20H,6-7,9H2,1-2H3;2*1H. The maximum absolute atomic E-state index is 12.8. The summed E-state index contributed by atoms with van der Waals surface area (Å²) in [7, 11) is 3.51. The average molecular weight is 430 g/mol. The van der Waals surface area contributed by atoms with E-state index >= 15 is 0 Å². The molecule has 1 N–H and O–H groups in total. The molecule has 2 aromatic rings. The second kappa shape index (κ2) is 10.7. The average Bonchev–Trinajstić information content (AvgIpc) is 3.00. The Hall–Kier alpha value is -1.35. The number of likely N-dealkylation sites (N-methyl/N-ethyl adjacent to an activating group) is 2. The number of amides is 1. The summed E-state index contributed by atoms with van der Waals surface area (Å²) in [5, 5.41) is 5.14. The first kappa shape index (κ1) is 24.7. The maximum atomic E-state index is 12.8. The van der Waals surface area contributed by atoms with E-state index in [2.05, 4.69) is 10.3 Å². The molecule has 0 aliphatic rings. The Labute approximate surface area is 166 Å². The number of carbonyl (C=O) groups is 1. The summed E-state index contributed by atoms with van der Waals surface area (Å²) in [6, 6.07) is 5.04. The molecule has 1 aromatic carbocycles. The zero-order valence-electron chi connectivity index (χ0n) is 14.2. The van der Waals surface area contributed by atoms with Crippen molar-refractivity contribution in [1.82, 2.24) is 15.2 Å². The Morgan fingerprint density at radius 3 is 2.62 bits per heavy atom. The zero-order chi connectivity index (χ0) is 17.7. The van der Waals surface area contributed by atoms with Gasteiger partial charge in [0.05, 0.1) is 17.7 Å². The van der Waals surface area contributed by atoms with Gasteiger partial charge in [0, 0.05) is 31.1 Å². The summed E-state index contributed by atoms with van der Waals surface area (Å²) in [6.07, 6.45) is -4.25. The van der Waals surface area contributed by atoms with Gasteiger partial charge in [-0.15, -0.1) is 36.2 Å². The molecule has 1 amide bonds. The van der Waals surface area contributed by atoms with Crippen molar-refractivity contribution in [3.63, 3.8) is 0 Å². The fraction of sp³-hybridized carbons (Fsp3) is 0.375. The van der Waals surface area contributed by atoms with Gasteiger partial charge in [-0.05, 0) is 19.2 Å². The molecule has 0 atom stereocenters. The van der Waals surface area contributed by atoms with Crippen LogP contribution in [-0.2, 0) is 17.4 Å². The molecule has 0 saturated heterocycles. The Morgan fingerprint density at radius 2 is 2.00 bits per heavy atom. The van der Waals surface area contributed by atoms with E-state index in [0.29, 0.717) is 29.4 Å². The molecule has 0 bridgehead atoms. The highest BCUT2D eigenvalue weighted by Gasteiger charge is 2.30. The first-order valence-corrected chi connectivity index (χ1v) is 8.20. The van der Waals surface area contributed by atoms with Crippen LogP contribution in [-0.4, -0.2) is 43.0 Å². The van der Waals surface area contributed by atoms with Crippen LogP contribution in [0.3, 0.4) is 0 Å². The zero-order valence-corrected chi connectivity index (χ0v) is 16.6. The molecule has 2 rings (SSSR count). The van der Waals surface area contributed by atoms with Gasteiger partial charge in [-0.25, -0.2) is 4.98 Å². The minimum atomic E-state index is -4.39. The number of rotatable bonds is 6. The number of benzene rings is 1. The maximum Gasteiger partial charge on any atom is 0.416 e. The number of halogens is 5. The molecule has 26 heavy (non-hydrogen) atoms. The third kappa shape index (κ3) is 6.75. The fourth-order valence-corrected chi connectivity index (χ4v) is 2.86. The van der Waals surface area contributed by atoms with E-state index in [9.17, 15) is 18.0 Å². The molecular formula is C16H20Cl2F3N3OS. The molecule has 0 saturated carbocycles. The summed E-state index contributed by atoms with van der Waals surface area (Å²) in [6.45, 7) is 1.27. The Kier molecular flexibility index (Phi) is 10.2. The van der Waals surface area contributed by atoms with Gasteiger partial charge in [0.15, 0.2) is 0 Å². The van der Waals surface area contributed by atoms with Gasteiger partial charge in [-0.3, -0.25) is 4.79 Å². The van der Waals surface area contributed by atoms with Gasteiger partial charge in [-0.2, -0.15) is 13.2 Å². The van der Waals surface area contributed by atoms with E-state index in [1.807, 2.05) is 0 Å². The van der Waals surface area contributed by atoms with Crippen LogP contribution >= 0.6 is 36.2 Å². The molecule has 0 unspecified atom stereocenters. The van der Waals surface area contributed by atoms with Crippen LogP contribution in [0.5, 0.6) is 0 Å². The SMILES string of the molecule is CNCCN(C)C(=O)Cc1csc(-c2cccc(C(F)(F)F)c2)n1.Cl.Cl. The van der Waals surface area contributed by atoms with E-state index in [1.54, 1.807) is 30.4 Å². The van der Waals surface area contributed by atoms with Crippen molar-refractivity contribution in [3.05, 3.63) is 40.9 Å². The van der Waals surface area contributed by atoms with Gasteiger partial charge < -0.3 is 10.2 Å². The van der Waals surface area contributed by atoms with Crippen LogP contribution in [0, 0.1) is 0 Å². The second-order valence-corrected chi connectivity index (χ2v) is 6.18. The normalized spacial score (nSPS) is 10.7. The fourth-order valence-electron chi connectivity index (χ4n) is 2.04. The number of hydrogen-bond donors (Lipinski definition) is 1. The van der Waals surface area contributed by atoms with Gasteiger partial charge in [0.25, 0.3) is 0 Å². The minimum absolute atomic E-state index is 0. The van der Waals surface area contributed by atoms with E-state index in [-0.39, 0.29) is 37.1 Å². The Bertz CT molecular complexity index is 710. The number of nitrogens with zero attached hydrogens (tertiary/aromatic N) is 2. The Balaban J connectivity index is 0.00000312. The van der Waals surface area contributed by atoms with Gasteiger partial charge in [0.1, 0.15) is 5.01 Å². The second-order valence-electron chi connectivity index (χ2n) is 5.32. The highest BCUT2D eigenvalue weighted by atomic mass is 35.5. The van der Waals surface area contributed by atoms with Crippen molar-refractivity contribution in [2.45, 2.75) is 12.6 Å². The van der Waals surface area contributed by atoms with Crippen LogP contribution < -0.4 is 5.32 Å². The number of carbonyl (C=O) groups excluding carboxylic acids is 1. The quantitative estimate of drug-likeness (QED) is 0.757. The van der Waals surface area contributed by atoms with Crippen molar-refractivity contribution in [2.24, 2.45) is 0 Å². The predicted octanol–water partition coefficient (Wildman–Crippen LogP) is 3.89. The molecule has 0 fully saturated rings. The number of aromatic nitrogens is 1. The summed E-state index contributed by atoms with van der Waals surface area (Å²) in [5.41, 5.74) is 0.255.